The molecule has 3 heterocycles. The Morgan fingerprint density at radius 3 is 2.33 bits per heavy atom. The molecule has 3 aromatic rings. The lowest BCUT2D eigenvalue weighted by molar-refractivity contribution is -0.124. The third-order valence-corrected chi connectivity index (χ3v) is 4.47. The second-order valence-electron chi connectivity index (χ2n) is 6.47. The van der Waals surface area contributed by atoms with E-state index in [9.17, 15) is 19.2 Å². The Bertz CT molecular complexity index is 1100. The van der Waals surface area contributed by atoms with E-state index in [1.54, 1.807) is 24.3 Å². The zero-order valence-electron chi connectivity index (χ0n) is 15.6. The second-order valence-corrected chi connectivity index (χ2v) is 6.47. The van der Waals surface area contributed by atoms with Gasteiger partial charge >= 0.3 is 5.97 Å². The molecule has 0 fully saturated rings. The molecule has 0 bridgehead atoms. The van der Waals surface area contributed by atoms with Gasteiger partial charge in [-0.05, 0) is 42.5 Å². The van der Waals surface area contributed by atoms with Gasteiger partial charge in [-0.2, -0.15) is 0 Å². The van der Waals surface area contributed by atoms with Crippen molar-refractivity contribution >= 4 is 23.7 Å². The van der Waals surface area contributed by atoms with Gasteiger partial charge in [-0.3, -0.25) is 19.3 Å². The summed E-state index contributed by atoms with van der Waals surface area (Å²) in [6.07, 6.45) is 2.93. The molecule has 0 aliphatic carbocycles. The fraction of sp³-hybridized carbons (Fsp3) is 0.143. The number of benzene rings is 1. The zero-order chi connectivity index (χ0) is 21.1. The first kappa shape index (κ1) is 19.2. The largest absolute Gasteiger partial charge is 0.467 e. The number of carbonyl (C=O) groups is 4. The van der Waals surface area contributed by atoms with Crippen molar-refractivity contribution in [2.75, 3.05) is 6.61 Å². The number of rotatable bonds is 7. The molecule has 0 saturated heterocycles. The molecule has 30 heavy (non-hydrogen) atoms. The Morgan fingerprint density at radius 1 is 0.933 bits per heavy atom. The Labute approximate surface area is 170 Å². The highest BCUT2D eigenvalue weighted by Gasteiger charge is 2.36. The zero-order valence-corrected chi connectivity index (χ0v) is 15.6. The van der Waals surface area contributed by atoms with Crippen molar-refractivity contribution in [1.82, 2.24) is 10.2 Å². The number of ether oxygens (including phenoxy) is 1. The molecule has 4 rings (SSSR count). The summed E-state index contributed by atoms with van der Waals surface area (Å²) in [4.78, 5) is 50.2. The van der Waals surface area contributed by atoms with Crippen LogP contribution in [-0.2, 0) is 22.6 Å². The lowest BCUT2D eigenvalue weighted by Crippen LogP contribution is -2.28. The number of amides is 3. The summed E-state index contributed by atoms with van der Waals surface area (Å²) in [7, 11) is 0. The molecular weight excluding hydrogens is 392 g/mol. The highest BCUT2D eigenvalue weighted by molar-refractivity contribution is 6.21. The standard InChI is InChI=1S/C21H16N2O7/c24-18(22-10-14-3-1-7-28-14)12-30-21(27)13-5-6-16-17(9-13)20(26)23(19(16)25)11-15-4-2-8-29-15/h1-9H,10-12H2,(H,22,24). The lowest BCUT2D eigenvalue weighted by atomic mass is 10.1. The number of fused-ring (bicyclic) bond motifs is 1. The molecule has 9 heteroatoms. The predicted molar refractivity (Wildman–Crippen MR) is 100 cm³/mol. The Balaban J connectivity index is 1.38. The number of carbonyl (C=O) groups excluding carboxylic acids is 4. The Morgan fingerprint density at radius 2 is 1.63 bits per heavy atom. The van der Waals surface area contributed by atoms with Gasteiger partial charge in [0.25, 0.3) is 17.7 Å². The molecule has 0 atom stereocenters. The number of nitrogens with zero attached hydrogens (tertiary/aromatic N) is 1. The van der Waals surface area contributed by atoms with Gasteiger partial charge in [0.2, 0.25) is 0 Å². The predicted octanol–water partition coefficient (Wildman–Crippen LogP) is 2.14. The number of nitrogens with one attached hydrogen (secondary N) is 1. The number of furan rings is 2. The van der Waals surface area contributed by atoms with Gasteiger partial charge in [0, 0.05) is 0 Å². The van der Waals surface area contributed by atoms with Gasteiger partial charge in [0.15, 0.2) is 6.61 Å². The molecule has 1 aliphatic heterocycles. The van der Waals surface area contributed by atoms with Gasteiger partial charge in [-0.1, -0.05) is 0 Å². The minimum absolute atomic E-state index is 0.00499. The average molecular weight is 408 g/mol. The summed E-state index contributed by atoms with van der Waals surface area (Å²) in [5, 5.41) is 2.55. The van der Waals surface area contributed by atoms with Crippen LogP contribution in [0.25, 0.3) is 0 Å². The molecule has 0 radical (unpaired) electrons. The van der Waals surface area contributed by atoms with Crippen LogP contribution in [0.2, 0.25) is 0 Å². The van der Waals surface area contributed by atoms with Gasteiger partial charge in [-0.15, -0.1) is 0 Å². The van der Waals surface area contributed by atoms with Crippen molar-refractivity contribution in [1.29, 1.82) is 0 Å². The molecule has 152 valence electrons. The second kappa shape index (κ2) is 8.08. The number of imide groups is 1. The van der Waals surface area contributed by atoms with Crippen LogP contribution in [0.15, 0.2) is 63.8 Å². The van der Waals surface area contributed by atoms with Crippen molar-refractivity contribution in [3.63, 3.8) is 0 Å². The first-order chi connectivity index (χ1) is 14.5. The molecular formula is C21H16N2O7. The van der Waals surface area contributed by atoms with Crippen molar-refractivity contribution < 1.29 is 32.7 Å². The smallest absolute Gasteiger partial charge is 0.338 e. The van der Waals surface area contributed by atoms with Crippen molar-refractivity contribution in [3.8, 4) is 0 Å². The van der Waals surface area contributed by atoms with Gasteiger partial charge in [-0.25, -0.2) is 4.79 Å². The van der Waals surface area contributed by atoms with E-state index in [4.69, 9.17) is 13.6 Å². The monoisotopic (exact) mass is 408 g/mol. The van der Waals surface area contributed by atoms with Crippen LogP contribution in [0.5, 0.6) is 0 Å². The highest BCUT2D eigenvalue weighted by atomic mass is 16.5. The molecule has 2 aromatic heterocycles. The third-order valence-electron chi connectivity index (χ3n) is 4.47. The van der Waals surface area contributed by atoms with E-state index in [-0.39, 0.29) is 29.8 Å². The molecule has 9 nitrogen and oxygen atoms in total. The van der Waals surface area contributed by atoms with Crippen LogP contribution in [0.4, 0.5) is 0 Å². The van der Waals surface area contributed by atoms with Crippen molar-refractivity contribution in [2.45, 2.75) is 13.1 Å². The van der Waals surface area contributed by atoms with Crippen LogP contribution >= 0.6 is 0 Å². The maximum Gasteiger partial charge on any atom is 0.338 e. The maximum atomic E-state index is 12.6. The first-order valence-corrected chi connectivity index (χ1v) is 9.02. The Hall–Kier alpha value is -4.14. The van der Waals surface area contributed by atoms with Gasteiger partial charge in [0.1, 0.15) is 11.5 Å². The molecule has 0 spiro atoms. The first-order valence-electron chi connectivity index (χ1n) is 9.02. The fourth-order valence-electron chi connectivity index (χ4n) is 2.98. The topological polar surface area (TPSA) is 119 Å². The summed E-state index contributed by atoms with van der Waals surface area (Å²) in [5.41, 5.74) is 0.358. The summed E-state index contributed by atoms with van der Waals surface area (Å²) in [6.45, 7) is -0.326. The molecule has 3 amide bonds. The third kappa shape index (κ3) is 3.86. The van der Waals surface area contributed by atoms with E-state index in [1.165, 1.54) is 30.7 Å². The quantitative estimate of drug-likeness (QED) is 0.470. The highest BCUT2D eigenvalue weighted by Crippen LogP contribution is 2.26. The molecule has 1 aromatic carbocycles. The number of hydrogen-bond acceptors (Lipinski definition) is 7. The molecule has 1 aliphatic rings. The van der Waals surface area contributed by atoms with E-state index in [0.717, 1.165) is 4.90 Å². The van der Waals surface area contributed by atoms with Crippen LogP contribution in [0, 0.1) is 0 Å². The van der Waals surface area contributed by atoms with Gasteiger partial charge < -0.3 is 18.9 Å². The van der Waals surface area contributed by atoms with E-state index in [2.05, 4.69) is 5.32 Å². The number of esters is 1. The summed E-state index contributed by atoms with van der Waals surface area (Å²) < 4.78 is 15.3. The van der Waals surface area contributed by atoms with Gasteiger partial charge in [0.05, 0.1) is 42.3 Å². The van der Waals surface area contributed by atoms with Crippen LogP contribution < -0.4 is 5.32 Å². The van der Waals surface area contributed by atoms with Crippen LogP contribution in [0.1, 0.15) is 42.6 Å². The van der Waals surface area contributed by atoms with Crippen molar-refractivity contribution in [2.24, 2.45) is 0 Å². The minimum Gasteiger partial charge on any atom is -0.467 e. The van der Waals surface area contributed by atoms with E-state index in [0.29, 0.717) is 11.5 Å². The average Bonchev–Trinajstić information content (AvgIpc) is 3.50. The van der Waals surface area contributed by atoms with Crippen molar-refractivity contribution in [3.05, 3.63) is 83.2 Å². The maximum absolute atomic E-state index is 12.6. The lowest BCUT2D eigenvalue weighted by Gasteiger charge is -2.11. The Kier molecular flexibility index (Phi) is 5.17. The fourth-order valence-corrected chi connectivity index (χ4v) is 2.98. The van der Waals surface area contributed by atoms with E-state index in [1.807, 2.05) is 0 Å². The normalized spacial score (nSPS) is 12.7. The minimum atomic E-state index is -0.782. The SMILES string of the molecule is O=C(COC(=O)c1ccc2c(c1)C(=O)N(Cc1ccco1)C2=O)NCc1ccco1. The molecule has 0 saturated carbocycles. The number of hydrogen-bond donors (Lipinski definition) is 1. The molecule has 1 N–H and O–H groups in total. The van der Waals surface area contributed by atoms with Crippen LogP contribution in [-0.4, -0.2) is 35.2 Å². The summed E-state index contributed by atoms with van der Waals surface area (Å²) in [5.74, 6) is -1.26. The van der Waals surface area contributed by atoms with Crippen LogP contribution in [0.3, 0.4) is 0 Å². The summed E-state index contributed by atoms with van der Waals surface area (Å²) >= 11 is 0. The summed E-state index contributed by atoms with van der Waals surface area (Å²) in [6, 6.07) is 10.8. The van der Waals surface area contributed by atoms with E-state index >= 15 is 0 Å². The van der Waals surface area contributed by atoms with E-state index < -0.39 is 30.3 Å². The molecule has 0 unspecified atom stereocenters.